The molecule has 1 aliphatic heterocycles. The van der Waals surface area contributed by atoms with Gasteiger partial charge in [-0.05, 0) is 12.2 Å². The lowest BCUT2D eigenvalue weighted by Crippen LogP contribution is -2.47. The van der Waals surface area contributed by atoms with Crippen LogP contribution in [0.4, 0.5) is 19.0 Å². The van der Waals surface area contributed by atoms with E-state index in [0.29, 0.717) is 10.8 Å². The number of phosphoric ester groups is 1. The second-order valence-corrected chi connectivity index (χ2v) is 10.9. The molecule has 1 aromatic heterocycles. The summed E-state index contributed by atoms with van der Waals surface area (Å²) < 4.78 is 93.0. The number of aromatic nitrogens is 2. The van der Waals surface area contributed by atoms with E-state index in [0.717, 1.165) is 0 Å². The number of halogens is 3. The van der Waals surface area contributed by atoms with Crippen LogP contribution < -0.4 is 5.73 Å². The lowest BCUT2D eigenvalue weighted by molar-refractivity contribution is -0.204. The molecule has 186 valence electrons. The number of terminal acetylenes is 1. The van der Waals surface area contributed by atoms with Crippen LogP contribution in [0.2, 0.25) is 0 Å². The normalized spacial score (nSPS) is 31.5. The fraction of sp³-hybridized carbons (Fsp3) is 0.455. The largest absolute Gasteiger partial charge is 0.490 e. The number of rotatable bonds is 8. The molecule has 33 heavy (non-hydrogen) atoms. The average Bonchev–Trinajstić information content (AvgIpc) is 2.82. The average molecular weight is 561 g/mol. The van der Waals surface area contributed by atoms with Crippen molar-refractivity contribution in [3.63, 3.8) is 0 Å². The minimum Gasteiger partial charge on any atom is -0.383 e. The van der Waals surface area contributed by atoms with Crippen molar-refractivity contribution in [2.45, 2.75) is 23.9 Å². The van der Waals surface area contributed by atoms with Gasteiger partial charge in [-0.1, -0.05) is 5.92 Å². The van der Waals surface area contributed by atoms with Crippen LogP contribution in [0.25, 0.3) is 0 Å². The number of nitrogen functional groups attached to an aromatic ring is 1. The third-order valence-corrected chi connectivity index (χ3v) is 7.81. The Morgan fingerprint density at radius 3 is 2.36 bits per heavy atom. The van der Waals surface area contributed by atoms with E-state index in [1.807, 2.05) is 0 Å². The highest BCUT2D eigenvalue weighted by Gasteiger charge is 2.67. The van der Waals surface area contributed by atoms with E-state index in [1.54, 1.807) is 0 Å². The summed E-state index contributed by atoms with van der Waals surface area (Å²) in [6.45, 7) is -1.93. The molecule has 1 saturated heterocycles. The zero-order valence-electron chi connectivity index (χ0n) is 15.5. The number of alkyl halides is 2. The molecule has 3 unspecified atom stereocenters. The molecule has 1 aliphatic rings. The van der Waals surface area contributed by atoms with Gasteiger partial charge in [-0.25, -0.2) is 26.9 Å². The third-order valence-electron chi connectivity index (χ3n) is 3.72. The summed E-state index contributed by atoms with van der Waals surface area (Å²) in [6.07, 6.45) is -0.0135. The van der Waals surface area contributed by atoms with Crippen LogP contribution in [0.15, 0.2) is 6.20 Å². The van der Waals surface area contributed by atoms with Crippen molar-refractivity contribution in [1.82, 2.24) is 9.55 Å². The van der Waals surface area contributed by atoms with Crippen molar-refractivity contribution in [1.29, 1.82) is 0 Å². The van der Waals surface area contributed by atoms with Crippen molar-refractivity contribution in [3.8, 4) is 12.3 Å². The minimum absolute atomic E-state index is 0.344. The predicted molar refractivity (Wildman–Crippen MR) is 99.9 cm³/mol. The highest BCUT2D eigenvalue weighted by Crippen LogP contribution is 2.66. The molecule has 0 bridgehead atoms. The van der Waals surface area contributed by atoms with Gasteiger partial charge < -0.3 is 35.2 Å². The molecule has 0 aromatic carbocycles. The quantitative estimate of drug-likeness (QED) is 0.145. The first kappa shape index (κ1) is 28.0. The smallest absolute Gasteiger partial charge is 0.383 e. The molecule has 0 aliphatic carbocycles. The highest BCUT2D eigenvalue weighted by molar-refractivity contribution is 7.71. The zero-order chi connectivity index (χ0) is 25.6. The number of hydrogen-bond acceptors (Lipinski definition) is 11. The monoisotopic (exact) mass is 561 g/mol. The van der Waals surface area contributed by atoms with Crippen molar-refractivity contribution < 1.29 is 69.4 Å². The van der Waals surface area contributed by atoms with Crippen LogP contribution in [0.3, 0.4) is 0 Å². The number of hydrogen-bond donors (Lipinski definition) is 6. The molecule has 7 N–H and O–H groups in total. The van der Waals surface area contributed by atoms with Crippen LogP contribution >= 0.6 is 35.7 Å². The van der Waals surface area contributed by atoms with Crippen LogP contribution in [0, 0.1) is 22.9 Å². The molecule has 1 fully saturated rings. The standard InChI is InChI=1S/C11H13F3N3O12P3S/c1-2-10(13)7(18)11(14,27-8(10)17-3-5(12)6(15)16-9(17)33)4-26-31(22,23)29-32(24,25)28-30(19,20)21/h1,3,7-8,18H,4H2,(H,22,23)(H,24,25)(H2,15,16,33)(H2,19,20,21)/t7?,8-,10-,11-/m1/s1. The summed E-state index contributed by atoms with van der Waals surface area (Å²) in [5.41, 5.74) is 1.68. The summed E-state index contributed by atoms with van der Waals surface area (Å²) in [7, 11) is -17.6. The number of ether oxygens (including phenoxy) is 1. The van der Waals surface area contributed by atoms with Gasteiger partial charge in [0.05, 0.1) is 0 Å². The molecule has 0 radical (unpaired) electrons. The maximum absolute atomic E-state index is 15.3. The van der Waals surface area contributed by atoms with Gasteiger partial charge >= 0.3 is 23.5 Å². The molecule has 0 saturated carbocycles. The van der Waals surface area contributed by atoms with Crippen molar-refractivity contribution in [2.75, 3.05) is 12.3 Å². The topological polar surface area (TPSA) is 233 Å². The SMILES string of the molecule is C#C[C@@]1(F)C(O)[C@@](F)(COP(=O)(O)OP(=O)(O)OP(=O)(O)O)O[C@H]1n1cc(F)c(N)nc1=S. The van der Waals surface area contributed by atoms with Crippen LogP contribution in [-0.4, -0.2) is 58.5 Å². The number of aliphatic hydroxyl groups excluding tert-OH is 1. The summed E-state index contributed by atoms with van der Waals surface area (Å²) in [6, 6.07) is 0. The molecule has 2 heterocycles. The molecule has 15 nitrogen and oxygen atoms in total. The molecule has 6 atom stereocenters. The van der Waals surface area contributed by atoms with Gasteiger partial charge in [0.1, 0.15) is 6.61 Å². The summed E-state index contributed by atoms with van der Waals surface area (Å²) in [5.74, 6) is -4.42. The molecule has 0 amide bonds. The van der Waals surface area contributed by atoms with Crippen molar-refractivity contribution in [3.05, 3.63) is 16.8 Å². The van der Waals surface area contributed by atoms with Gasteiger partial charge in [0.25, 0.3) is 5.85 Å². The Hall–Kier alpha value is -1.22. The summed E-state index contributed by atoms with van der Waals surface area (Å²) >= 11 is 4.74. The second-order valence-electron chi connectivity index (χ2n) is 6.10. The molecule has 0 spiro atoms. The fourth-order valence-electron chi connectivity index (χ4n) is 2.41. The first-order chi connectivity index (χ1) is 14.8. The Labute approximate surface area is 186 Å². The van der Waals surface area contributed by atoms with Crippen molar-refractivity contribution >= 4 is 41.5 Å². The highest BCUT2D eigenvalue weighted by atomic mass is 32.1. The number of nitrogens with two attached hydrogens (primary N) is 1. The minimum atomic E-state index is -5.96. The Bertz CT molecular complexity index is 1190. The van der Waals surface area contributed by atoms with Gasteiger partial charge in [0, 0.05) is 6.20 Å². The van der Waals surface area contributed by atoms with Gasteiger partial charge in [-0.2, -0.15) is 13.6 Å². The fourth-order valence-corrected chi connectivity index (χ4v) is 5.69. The second kappa shape index (κ2) is 9.10. The van der Waals surface area contributed by atoms with Crippen LogP contribution in [0.5, 0.6) is 0 Å². The maximum Gasteiger partial charge on any atom is 0.490 e. The van der Waals surface area contributed by atoms with Crippen LogP contribution in [-0.2, 0) is 31.6 Å². The zero-order valence-corrected chi connectivity index (χ0v) is 19.0. The number of phosphoric acid groups is 3. The van der Waals surface area contributed by atoms with Crippen LogP contribution in [0.1, 0.15) is 6.23 Å². The molecule has 1 aromatic rings. The van der Waals surface area contributed by atoms with E-state index in [9.17, 15) is 28.1 Å². The first-order valence-corrected chi connectivity index (χ1v) is 12.7. The number of nitrogens with zero attached hydrogens (tertiary/aromatic N) is 2. The summed E-state index contributed by atoms with van der Waals surface area (Å²) in [5, 5.41) is 10.1. The van der Waals surface area contributed by atoms with E-state index >= 15 is 8.78 Å². The lowest BCUT2D eigenvalue weighted by atomic mass is 9.96. The molecular weight excluding hydrogens is 548 g/mol. The number of anilines is 1. The maximum atomic E-state index is 15.3. The first-order valence-electron chi connectivity index (χ1n) is 7.79. The van der Waals surface area contributed by atoms with Gasteiger partial charge in [0.15, 0.2) is 24.0 Å². The summed E-state index contributed by atoms with van der Waals surface area (Å²) in [4.78, 5) is 38.7. The predicted octanol–water partition coefficient (Wildman–Crippen LogP) is 0.574. The molecular formula is C11H13F3N3O12P3S. The van der Waals surface area contributed by atoms with Gasteiger partial charge in [-0.3, -0.25) is 9.09 Å². The molecule has 2 rings (SSSR count). The molecule has 22 heteroatoms. The van der Waals surface area contributed by atoms with E-state index in [4.69, 9.17) is 39.1 Å². The van der Waals surface area contributed by atoms with E-state index in [1.165, 1.54) is 5.92 Å². The van der Waals surface area contributed by atoms with E-state index in [-0.39, 0.29) is 0 Å². The van der Waals surface area contributed by atoms with Crippen molar-refractivity contribution in [2.24, 2.45) is 0 Å². The Kier molecular flexibility index (Phi) is 7.72. The number of aliphatic hydroxyl groups is 1. The lowest BCUT2D eigenvalue weighted by Gasteiger charge is -2.25. The Balaban J connectivity index is 2.31. The van der Waals surface area contributed by atoms with Gasteiger partial charge in [0.2, 0.25) is 10.4 Å². The Morgan fingerprint density at radius 1 is 1.27 bits per heavy atom. The van der Waals surface area contributed by atoms with Gasteiger partial charge in [-0.15, -0.1) is 6.42 Å². The Morgan fingerprint density at radius 2 is 1.85 bits per heavy atom. The van der Waals surface area contributed by atoms with E-state index < -0.39 is 70.3 Å². The van der Waals surface area contributed by atoms with E-state index in [2.05, 4.69) is 22.9 Å². The third kappa shape index (κ3) is 6.27.